The van der Waals surface area contributed by atoms with E-state index in [-0.39, 0.29) is 0 Å². The molecule has 1 aliphatic carbocycles. The number of nitrogens with zero attached hydrogens (tertiary/aromatic N) is 3. The third kappa shape index (κ3) is 5.18. The van der Waals surface area contributed by atoms with Crippen LogP contribution < -0.4 is 4.90 Å². The van der Waals surface area contributed by atoms with Crippen LogP contribution in [0.5, 0.6) is 0 Å². The predicted molar refractivity (Wildman–Crippen MR) is 115 cm³/mol. The minimum Gasteiger partial charge on any atom is -0.368 e. The first-order chi connectivity index (χ1) is 13.1. The molecule has 4 rings (SSSR count). The molecule has 2 heterocycles. The molecule has 150 valence electrons. The van der Waals surface area contributed by atoms with Gasteiger partial charge >= 0.3 is 0 Å². The van der Waals surface area contributed by atoms with Crippen LogP contribution in [0.1, 0.15) is 32.1 Å². The van der Waals surface area contributed by atoms with E-state index in [4.69, 9.17) is 23.2 Å². The number of piperazine rings is 1. The number of halogens is 2. The van der Waals surface area contributed by atoms with Crippen LogP contribution in [0.15, 0.2) is 18.2 Å². The zero-order valence-electron chi connectivity index (χ0n) is 15.8. The summed E-state index contributed by atoms with van der Waals surface area (Å²) in [5.74, 6) is 0.793. The Kier molecular flexibility index (Phi) is 6.65. The first-order valence-corrected chi connectivity index (χ1v) is 12.1. The van der Waals surface area contributed by atoms with Crippen molar-refractivity contribution in [3.63, 3.8) is 0 Å². The van der Waals surface area contributed by atoms with Crippen molar-refractivity contribution >= 4 is 39.9 Å². The lowest BCUT2D eigenvalue weighted by atomic mass is 9.94. The fourth-order valence-corrected chi connectivity index (χ4v) is 6.23. The van der Waals surface area contributed by atoms with Crippen molar-refractivity contribution < 1.29 is 4.21 Å². The Balaban J connectivity index is 1.17. The fourth-order valence-electron chi connectivity index (χ4n) is 4.17. The lowest BCUT2D eigenvalue weighted by molar-refractivity contribution is 0.208. The summed E-state index contributed by atoms with van der Waals surface area (Å²) in [5.41, 5.74) is 1.09. The Morgan fingerprint density at radius 3 is 2.30 bits per heavy atom. The van der Waals surface area contributed by atoms with Crippen LogP contribution in [0.2, 0.25) is 10.0 Å². The van der Waals surface area contributed by atoms with Gasteiger partial charge in [0.05, 0.1) is 21.7 Å². The second kappa shape index (κ2) is 9.00. The van der Waals surface area contributed by atoms with Gasteiger partial charge in [0.15, 0.2) is 0 Å². The Hall–Kier alpha value is -0.330. The largest absolute Gasteiger partial charge is 0.368 e. The number of rotatable bonds is 6. The second-order valence-corrected chi connectivity index (χ2v) is 10.6. The van der Waals surface area contributed by atoms with E-state index in [9.17, 15) is 4.21 Å². The van der Waals surface area contributed by atoms with Crippen LogP contribution >= 0.6 is 23.2 Å². The van der Waals surface area contributed by atoms with Crippen molar-refractivity contribution in [3.8, 4) is 0 Å². The quantitative estimate of drug-likeness (QED) is 0.682. The van der Waals surface area contributed by atoms with Gasteiger partial charge in [0.2, 0.25) is 0 Å². The Morgan fingerprint density at radius 1 is 0.963 bits per heavy atom. The first kappa shape index (κ1) is 20.0. The lowest BCUT2D eigenvalue weighted by Crippen LogP contribution is -2.47. The minimum atomic E-state index is -0.698. The zero-order chi connectivity index (χ0) is 18.8. The predicted octanol–water partition coefficient (Wildman–Crippen LogP) is 4.04. The molecule has 27 heavy (non-hydrogen) atoms. The molecule has 2 aliphatic heterocycles. The van der Waals surface area contributed by atoms with Crippen LogP contribution in [0.4, 0.5) is 5.69 Å². The summed E-state index contributed by atoms with van der Waals surface area (Å²) >= 11 is 12.4. The number of benzene rings is 1. The molecule has 0 N–H and O–H groups in total. The molecule has 1 atom stereocenters. The Morgan fingerprint density at radius 2 is 1.67 bits per heavy atom. The van der Waals surface area contributed by atoms with Gasteiger partial charge in [-0.1, -0.05) is 23.2 Å². The summed E-state index contributed by atoms with van der Waals surface area (Å²) in [7, 11) is -0.698. The van der Waals surface area contributed by atoms with Crippen molar-refractivity contribution in [3.05, 3.63) is 28.2 Å². The van der Waals surface area contributed by atoms with Gasteiger partial charge in [-0.3, -0.25) is 4.90 Å². The van der Waals surface area contributed by atoms with Crippen molar-refractivity contribution in [2.24, 2.45) is 5.92 Å². The second-order valence-electron chi connectivity index (χ2n) is 8.06. The van der Waals surface area contributed by atoms with E-state index >= 15 is 0 Å². The molecule has 1 unspecified atom stereocenters. The van der Waals surface area contributed by atoms with Gasteiger partial charge in [-0.25, -0.2) is 8.51 Å². The average Bonchev–Trinajstić information content (AvgIpc) is 3.52. The molecule has 0 aromatic heterocycles. The van der Waals surface area contributed by atoms with Gasteiger partial charge in [0.25, 0.3) is 0 Å². The third-order valence-corrected chi connectivity index (χ3v) is 8.57. The van der Waals surface area contributed by atoms with Gasteiger partial charge in [0.1, 0.15) is 0 Å². The maximum Gasteiger partial charge on any atom is 0.0974 e. The smallest absolute Gasteiger partial charge is 0.0974 e. The molecule has 3 fully saturated rings. The van der Waals surface area contributed by atoms with Crippen LogP contribution in [0, 0.1) is 5.92 Å². The highest BCUT2D eigenvalue weighted by Crippen LogP contribution is 2.32. The number of piperidine rings is 1. The number of hydrogen-bond donors (Lipinski definition) is 0. The highest BCUT2D eigenvalue weighted by atomic mass is 35.5. The molecule has 7 heteroatoms. The van der Waals surface area contributed by atoms with Crippen LogP contribution in [-0.4, -0.2) is 64.5 Å². The Bertz CT molecular complexity index is 669. The van der Waals surface area contributed by atoms with E-state index in [0.717, 1.165) is 55.9 Å². The number of anilines is 1. The van der Waals surface area contributed by atoms with Crippen LogP contribution in [-0.2, 0) is 11.0 Å². The fraction of sp³-hybridized carbons (Fsp3) is 0.700. The number of hydrogen-bond acceptors (Lipinski definition) is 3. The topological polar surface area (TPSA) is 26.8 Å². The summed E-state index contributed by atoms with van der Waals surface area (Å²) in [4.78, 5) is 4.94. The van der Waals surface area contributed by atoms with E-state index in [1.165, 1.54) is 38.6 Å². The van der Waals surface area contributed by atoms with Gasteiger partial charge in [-0.2, -0.15) is 0 Å². The van der Waals surface area contributed by atoms with E-state index in [1.807, 2.05) is 18.2 Å². The van der Waals surface area contributed by atoms with Gasteiger partial charge < -0.3 is 4.90 Å². The first-order valence-electron chi connectivity index (χ1n) is 10.2. The van der Waals surface area contributed by atoms with Crippen molar-refractivity contribution in [1.29, 1.82) is 0 Å². The SMILES string of the molecule is O=S(C1CC1)N1CCC(CCN2CCN(c3ccc(Cl)cc3Cl)CC2)CC1. The van der Waals surface area contributed by atoms with Crippen molar-refractivity contribution in [2.75, 3.05) is 50.7 Å². The minimum absolute atomic E-state index is 0.479. The lowest BCUT2D eigenvalue weighted by Gasteiger charge is -2.37. The van der Waals surface area contributed by atoms with E-state index < -0.39 is 11.0 Å². The summed E-state index contributed by atoms with van der Waals surface area (Å²) in [6.07, 6.45) is 6.02. The molecule has 1 aromatic carbocycles. The highest BCUT2D eigenvalue weighted by molar-refractivity contribution is 7.83. The van der Waals surface area contributed by atoms with Gasteiger partial charge in [0, 0.05) is 49.5 Å². The van der Waals surface area contributed by atoms with Gasteiger partial charge in [-0.15, -0.1) is 0 Å². The van der Waals surface area contributed by atoms with Crippen LogP contribution in [0.25, 0.3) is 0 Å². The third-order valence-electron chi connectivity index (χ3n) is 6.11. The van der Waals surface area contributed by atoms with Crippen molar-refractivity contribution in [1.82, 2.24) is 9.21 Å². The standard InChI is InChI=1S/C20H29Cl2N3OS/c21-17-1-4-20(19(22)15-17)24-13-11-23(12-14-24)8-5-16-6-9-25(10-7-16)27(26)18-2-3-18/h1,4,15-16,18H,2-3,5-14H2. The average molecular weight is 430 g/mol. The van der Waals surface area contributed by atoms with E-state index in [2.05, 4.69) is 14.1 Å². The molecule has 0 spiro atoms. The van der Waals surface area contributed by atoms with Crippen molar-refractivity contribution in [2.45, 2.75) is 37.4 Å². The summed E-state index contributed by atoms with van der Waals surface area (Å²) in [6.45, 7) is 7.43. The molecular weight excluding hydrogens is 401 g/mol. The molecule has 1 aromatic rings. The van der Waals surface area contributed by atoms with E-state index in [1.54, 1.807) is 0 Å². The monoisotopic (exact) mass is 429 g/mol. The highest BCUT2D eigenvalue weighted by Gasteiger charge is 2.34. The molecule has 3 aliphatic rings. The zero-order valence-corrected chi connectivity index (χ0v) is 18.1. The molecular formula is C20H29Cl2N3OS. The molecule has 2 saturated heterocycles. The molecule has 0 radical (unpaired) electrons. The molecule has 0 amide bonds. The summed E-state index contributed by atoms with van der Waals surface area (Å²) < 4.78 is 14.5. The van der Waals surface area contributed by atoms with Crippen LogP contribution in [0.3, 0.4) is 0 Å². The maximum absolute atomic E-state index is 12.3. The molecule has 0 bridgehead atoms. The van der Waals surface area contributed by atoms with E-state index in [0.29, 0.717) is 10.3 Å². The Labute approximate surface area is 175 Å². The maximum atomic E-state index is 12.3. The summed E-state index contributed by atoms with van der Waals surface area (Å²) in [6, 6.07) is 5.77. The van der Waals surface area contributed by atoms with Gasteiger partial charge in [-0.05, 0) is 62.8 Å². The normalized spacial score (nSPS) is 24.3. The summed E-state index contributed by atoms with van der Waals surface area (Å²) in [5, 5.41) is 1.91. The molecule has 4 nitrogen and oxygen atoms in total. The molecule has 1 saturated carbocycles.